The van der Waals surface area contributed by atoms with Gasteiger partial charge in [-0.2, -0.15) is 0 Å². The predicted octanol–water partition coefficient (Wildman–Crippen LogP) is 3.62. The molecule has 1 aliphatic rings. The standard InChI is InChI=1S/C21H26N2O3/c24-21(23-17-9-3-1-4-10-17)13-5-2-8-14-22-15-18-16-25-19-11-6-7-12-20(19)26-18/h1,3-4,6-7,9-12,18,22H,2,5,8,13-16H2,(H,23,24). The Balaban J connectivity index is 1.21. The molecular formula is C21H26N2O3. The average Bonchev–Trinajstić information content (AvgIpc) is 2.68. The van der Waals surface area contributed by atoms with Crippen LogP contribution in [0.2, 0.25) is 0 Å². The highest BCUT2D eigenvalue weighted by Gasteiger charge is 2.19. The summed E-state index contributed by atoms with van der Waals surface area (Å²) in [4.78, 5) is 11.9. The van der Waals surface area contributed by atoms with Crippen molar-refractivity contribution in [2.75, 3.05) is 25.0 Å². The first kappa shape index (κ1) is 18.3. The smallest absolute Gasteiger partial charge is 0.224 e. The number of rotatable bonds is 9. The second-order valence-corrected chi connectivity index (χ2v) is 6.43. The fourth-order valence-corrected chi connectivity index (χ4v) is 2.88. The van der Waals surface area contributed by atoms with E-state index in [1.165, 1.54) is 0 Å². The third-order valence-corrected chi connectivity index (χ3v) is 4.25. The molecule has 0 aromatic heterocycles. The Hall–Kier alpha value is -2.53. The Morgan fingerprint density at radius 3 is 2.58 bits per heavy atom. The van der Waals surface area contributed by atoms with Gasteiger partial charge in [-0.05, 0) is 43.7 Å². The summed E-state index contributed by atoms with van der Waals surface area (Å²) in [5.74, 6) is 1.71. The molecule has 1 unspecified atom stereocenters. The van der Waals surface area contributed by atoms with E-state index in [1.54, 1.807) is 0 Å². The molecule has 0 bridgehead atoms. The van der Waals surface area contributed by atoms with Crippen molar-refractivity contribution in [3.63, 3.8) is 0 Å². The fraction of sp³-hybridized carbons (Fsp3) is 0.381. The number of amides is 1. The van der Waals surface area contributed by atoms with Crippen molar-refractivity contribution in [3.05, 3.63) is 54.6 Å². The molecule has 1 heterocycles. The number of nitrogens with one attached hydrogen (secondary N) is 2. The van der Waals surface area contributed by atoms with Crippen LogP contribution in [0.4, 0.5) is 5.69 Å². The molecule has 0 fully saturated rings. The summed E-state index contributed by atoms with van der Waals surface area (Å²) in [6.45, 7) is 2.26. The third kappa shape index (κ3) is 5.77. The number of ether oxygens (including phenoxy) is 2. The fourth-order valence-electron chi connectivity index (χ4n) is 2.88. The maximum absolute atomic E-state index is 11.9. The molecule has 2 N–H and O–H groups in total. The van der Waals surface area contributed by atoms with Crippen LogP contribution >= 0.6 is 0 Å². The first-order valence-corrected chi connectivity index (χ1v) is 9.25. The van der Waals surface area contributed by atoms with E-state index in [0.717, 1.165) is 49.5 Å². The van der Waals surface area contributed by atoms with E-state index in [0.29, 0.717) is 13.0 Å². The van der Waals surface area contributed by atoms with Gasteiger partial charge >= 0.3 is 0 Å². The monoisotopic (exact) mass is 354 g/mol. The highest BCUT2D eigenvalue weighted by atomic mass is 16.6. The Morgan fingerprint density at radius 1 is 0.962 bits per heavy atom. The number of anilines is 1. The third-order valence-electron chi connectivity index (χ3n) is 4.25. The number of para-hydroxylation sites is 3. The van der Waals surface area contributed by atoms with Crippen molar-refractivity contribution in [2.45, 2.75) is 31.8 Å². The SMILES string of the molecule is O=C(CCCCCNCC1COc2ccccc2O1)Nc1ccccc1. The van der Waals surface area contributed by atoms with Gasteiger partial charge in [0, 0.05) is 18.7 Å². The largest absolute Gasteiger partial charge is 0.486 e. The van der Waals surface area contributed by atoms with Crippen LogP contribution in [0.5, 0.6) is 11.5 Å². The van der Waals surface area contributed by atoms with Gasteiger partial charge in [0.05, 0.1) is 0 Å². The summed E-state index contributed by atoms with van der Waals surface area (Å²) in [7, 11) is 0. The molecule has 5 heteroatoms. The lowest BCUT2D eigenvalue weighted by Gasteiger charge is -2.26. The number of fused-ring (bicyclic) bond motifs is 1. The van der Waals surface area contributed by atoms with E-state index < -0.39 is 0 Å². The van der Waals surface area contributed by atoms with Crippen LogP contribution in [-0.2, 0) is 4.79 Å². The van der Waals surface area contributed by atoms with Crippen LogP contribution in [0.3, 0.4) is 0 Å². The molecule has 1 aliphatic heterocycles. The topological polar surface area (TPSA) is 59.6 Å². The van der Waals surface area contributed by atoms with Gasteiger partial charge in [0.15, 0.2) is 11.5 Å². The highest BCUT2D eigenvalue weighted by molar-refractivity contribution is 5.90. The average molecular weight is 354 g/mol. The first-order chi connectivity index (χ1) is 12.8. The van der Waals surface area contributed by atoms with E-state index >= 15 is 0 Å². The van der Waals surface area contributed by atoms with Crippen molar-refractivity contribution >= 4 is 11.6 Å². The van der Waals surface area contributed by atoms with Gasteiger partial charge in [0.25, 0.3) is 0 Å². The minimum Gasteiger partial charge on any atom is -0.486 e. The zero-order valence-electron chi connectivity index (χ0n) is 14.9. The predicted molar refractivity (Wildman–Crippen MR) is 103 cm³/mol. The van der Waals surface area contributed by atoms with E-state index in [4.69, 9.17) is 9.47 Å². The molecule has 5 nitrogen and oxygen atoms in total. The number of unbranched alkanes of at least 4 members (excludes halogenated alkanes) is 2. The maximum Gasteiger partial charge on any atom is 0.224 e. The molecule has 0 aliphatic carbocycles. The normalized spacial score (nSPS) is 15.5. The van der Waals surface area contributed by atoms with E-state index in [-0.39, 0.29) is 12.0 Å². The molecule has 1 amide bonds. The van der Waals surface area contributed by atoms with Gasteiger partial charge in [-0.25, -0.2) is 0 Å². The molecule has 0 radical (unpaired) electrons. The Kier molecular flexibility index (Phi) is 6.90. The molecule has 2 aromatic rings. The van der Waals surface area contributed by atoms with Crippen molar-refractivity contribution < 1.29 is 14.3 Å². The molecule has 3 rings (SSSR count). The summed E-state index contributed by atoms with van der Waals surface area (Å²) in [5, 5.41) is 6.32. The summed E-state index contributed by atoms with van der Waals surface area (Å²) >= 11 is 0. The van der Waals surface area contributed by atoms with Gasteiger partial charge < -0.3 is 20.1 Å². The second-order valence-electron chi connectivity index (χ2n) is 6.43. The number of hydrogen-bond donors (Lipinski definition) is 2. The van der Waals surface area contributed by atoms with Crippen molar-refractivity contribution in [1.29, 1.82) is 0 Å². The highest BCUT2D eigenvalue weighted by Crippen LogP contribution is 2.30. The van der Waals surface area contributed by atoms with Crippen LogP contribution < -0.4 is 20.1 Å². The summed E-state index contributed by atoms with van der Waals surface area (Å²) < 4.78 is 11.6. The molecule has 0 saturated heterocycles. The number of benzene rings is 2. The zero-order chi connectivity index (χ0) is 18.0. The molecule has 2 aromatic carbocycles. The molecule has 26 heavy (non-hydrogen) atoms. The summed E-state index contributed by atoms with van der Waals surface area (Å²) in [6, 6.07) is 17.3. The lowest BCUT2D eigenvalue weighted by molar-refractivity contribution is -0.116. The minimum atomic E-state index is 0.0431. The minimum absolute atomic E-state index is 0.0431. The molecule has 0 spiro atoms. The van der Waals surface area contributed by atoms with E-state index in [9.17, 15) is 4.79 Å². The first-order valence-electron chi connectivity index (χ1n) is 9.25. The second kappa shape index (κ2) is 9.82. The van der Waals surface area contributed by atoms with Crippen LogP contribution in [0.15, 0.2) is 54.6 Å². The van der Waals surface area contributed by atoms with Crippen LogP contribution in [0.1, 0.15) is 25.7 Å². The van der Waals surface area contributed by atoms with Crippen molar-refractivity contribution in [1.82, 2.24) is 5.32 Å². The van der Waals surface area contributed by atoms with Gasteiger partial charge in [0.1, 0.15) is 12.7 Å². The Bertz CT molecular complexity index is 691. The lowest BCUT2D eigenvalue weighted by Crippen LogP contribution is -2.38. The number of hydrogen-bond acceptors (Lipinski definition) is 4. The Labute approximate surface area is 154 Å². The van der Waals surface area contributed by atoms with Gasteiger partial charge in [-0.1, -0.05) is 36.8 Å². The quantitative estimate of drug-likeness (QED) is 0.675. The number of carbonyl (C=O) groups excluding carboxylic acids is 1. The summed E-state index contributed by atoms with van der Waals surface area (Å²) in [5.41, 5.74) is 0.857. The Morgan fingerprint density at radius 2 is 1.73 bits per heavy atom. The molecular weight excluding hydrogens is 328 g/mol. The van der Waals surface area contributed by atoms with Gasteiger partial charge in [-0.15, -0.1) is 0 Å². The van der Waals surface area contributed by atoms with Gasteiger partial charge in [0.2, 0.25) is 5.91 Å². The van der Waals surface area contributed by atoms with E-state index in [1.807, 2.05) is 54.6 Å². The van der Waals surface area contributed by atoms with Crippen molar-refractivity contribution in [3.8, 4) is 11.5 Å². The van der Waals surface area contributed by atoms with Crippen LogP contribution in [0, 0.1) is 0 Å². The van der Waals surface area contributed by atoms with E-state index in [2.05, 4.69) is 10.6 Å². The van der Waals surface area contributed by atoms with Crippen LogP contribution in [0.25, 0.3) is 0 Å². The number of carbonyl (C=O) groups is 1. The van der Waals surface area contributed by atoms with Crippen molar-refractivity contribution in [2.24, 2.45) is 0 Å². The summed E-state index contributed by atoms with van der Waals surface area (Å²) in [6.07, 6.45) is 3.58. The zero-order valence-corrected chi connectivity index (χ0v) is 14.9. The lowest BCUT2D eigenvalue weighted by atomic mass is 10.2. The maximum atomic E-state index is 11.9. The molecule has 1 atom stereocenters. The molecule has 138 valence electrons. The van der Waals surface area contributed by atoms with Crippen LogP contribution in [-0.4, -0.2) is 31.7 Å². The molecule has 0 saturated carbocycles. The van der Waals surface area contributed by atoms with Gasteiger partial charge in [-0.3, -0.25) is 4.79 Å².